The number of aromatic nitrogens is 2. The zero-order valence-corrected chi connectivity index (χ0v) is 12.1. The third kappa shape index (κ3) is 4.22. The number of hydrogen-bond acceptors (Lipinski definition) is 5. The van der Waals surface area contributed by atoms with E-state index in [1.54, 1.807) is 0 Å². The van der Waals surface area contributed by atoms with Gasteiger partial charge in [-0.15, -0.1) is 13.2 Å². The van der Waals surface area contributed by atoms with Gasteiger partial charge in [-0.25, -0.2) is 4.98 Å². The fourth-order valence-electron chi connectivity index (χ4n) is 1.37. The van der Waals surface area contributed by atoms with E-state index < -0.39 is 12.1 Å². The highest BCUT2D eigenvalue weighted by Crippen LogP contribution is 2.34. The molecule has 0 bridgehead atoms. The van der Waals surface area contributed by atoms with Crippen molar-refractivity contribution in [3.05, 3.63) is 34.9 Å². The van der Waals surface area contributed by atoms with E-state index in [1.807, 2.05) is 0 Å². The smallest absolute Gasteiger partial charge is 0.480 e. The average Bonchev–Trinajstić information content (AvgIpc) is 2.41. The van der Waals surface area contributed by atoms with E-state index >= 15 is 0 Å². The summed E-state index contributed by atoms with van der Waals surface area (Å²) in [4.78, 5) is 7.71. The summed E-state index contributed by atoms with van der Waals surface area (Å²) >= 11 is 3.15. The second kappa shape index (κ2) is 6.17. The minimum atomic E-state index is -4.82. The van der Waals surface area contributed by atoms with Gasteiger partial charge in [0.2, 0.25) is 5.88 Å². The van der Waals surface area contributed by atoms with Crippen LogP contribution in [0.15, 0.2) is 34.9 Å². The Balaban J connectivity index is 2.27. The maximum atomic E-state index is 12.3. The maximum Gasteiger partial charge on any atom is 0.573 e. The molecule has 9 heteroatoms. The predicted octanol–water partition coefficient (Wildman–Crippen LogP) is 3.94. The molecule has 0 N–H and O–H groups in total. The molecule has 0 saturated carbocycles. The molecule has 0 aliphatic heterocycles. The molecule has 21 heavy (non-hydrogen) atoms. The monoisotopic (exact) mass is 364 g/mol. The Kier molecular flexibility index (Phi) is 4.51. The number of methoxy groups -OCH3 is 1. The summed E-state index contributed by atoms with van der Waals surface area (Å²) in [7, 11) is 1.39. The maximum absolute atomic E-state index is 12.3. The second-order valence-corrected chi connectivity index (χ2v) is 4.46. The van der Waals surface area contributed by atoms with E-state index in [0.717, 1.165) is 6.07 Å². The van der Waals surface area contributed by atoms with Crippen molar-refractivity contribution in [2.24, 2.45) is 0 Å². The summed E-state index contributed by atoms with van der Waals surface area (Å²) in [6.07, 6.45) is -3.47. The first-order valence-corrected chi connectivity index (χ1v) is 6.27. The van der Waals surface area contributed by atoms with Crippen molar-refractivity contribution in [3.8, 4) is 23.4 Å². The largest absolute Gasteiger partial charge is 0.573 e. The molecule has 0 atom stereocenters. The van der Waals surface area contributed by atoms with Gasteiger partial charge in [0.05, 0.1) is 17.8 Å². The van der Waals surface area contributed by atoms with E-state index in [0.29, 0.717) is 4.47 Å². The Morgan fingerprint density at radius 1 is 1.14 bits per heavy atom. The minimum absolute atomic E-state index is 0.167. The van der Waals surface area contributed by atoms with Gasteiger partial charge in [0, 0.05) is 0 Å². The van der Waals surface area contributed by atoms with Gasteiger partial charge < -0.3 is 14.2 Å². The van der Waals surface area contributed by atoms with Crippen LogP contribution in [0.4, 0.5) is 13.2 Å². The zero-order chi connectivity index (χ0) is 15.5. The lowest BCUT2D eigenvalue weighted by Crippen LogP contribution is -2.17. The van der Waals surface area contributed by atoms with E-state index in [9.17, 15) is 13.2 Å². The van der Waals surface area contributed by atoms with E-state index in [2.05, 4.69) is 30.6 Å². The van der Waals surface area contributed by atoms with Crippen molar-refractivity contribution in [1.82, 2.24) is 9.97 Å². The molecule has 2 rings (SSSR count). The van der Waals surface area contributed by atoms with Gasteiger partial charge in [-0.3, -0.25) is 0 Å². The summed E-state index contributed by atoms with van der Waals surface area (Å²) in [5.74, 6) is -0.469. The number of ether oxygens (including phenoxy) is 3. The third-order valence-electron chi connectivity index (χ3n) is 2.16. The van der Waals surface area contributed by atoms with Crippen molar-refractivity contribution in [2.75, 3.05) is 7.11 Å². The summed E-state index contributed by atoms with van der Waals surface area (Å²) in [6.45, 7) is 0. The highest BCUT2D eigenvalue weighted by atomic mass is 79.9. The van der Waals surface area contributed by atoms with Crippen LogP contribution in [0.3, 0.4) is 0 Å². The number of alkyl halides is 3. The molecular weight excluding hydrogens is 357 g/mol. The molecule has 0 aliphatic carbocycles. The fraction of sp³-hybridized carbons (Fsp3) is 0.167. The summed E-state index contributed by atoms with van der Waals surface area (Å²) in [5.41, 5.74) is 0. The standard InChI is InChI=1S/C12H8BrF3N2O3/c1-19-10-7(13)6-17-11(18-10)20-8-4-2-3-5-9(8)21-12(14,15)16/h2-6H,1H3. The average molecular weight is 365 g/mol. The Hall–Kier alpha value is -2.03. The molecule has 1 aromatic heterocycles. The zero-order valence-electron chi connectivity index (χ0n) is 10.5. The topological polar surface area (TPSA) is 53.5 Å². The van der Waals surface area contributed by atoms with Crippen LogP contribution in [0, 0.1) is 0 Å². The van der Waals surface area contributed by atoms with Crippen LogP contribution < -0.4 is 14.2 Å². The van der Waals surface area contributed by atoms with Gasteiger partial charge in [-0.1, -0.05) is 12.1 Å². The SMILES string of the molecule is COc1nc(Oc2ccccc2OC(F)(F)F)ncc1Br. The number of hydrogen-bond donors (Lipinski definition) is 0. The van der Waals surface area contributed by atoms with E-state index in [1.165, 1.54) is 31.5 Å². The van der Waals surface area contributed by atoms with Crippen LogP contribution in [0.5, 0.6) is 23.4 Å². The molecule has 1 heterocycles. The minimum Gasteiger partial charge on any atom is -0.480 e. The molecule has 0 unspecified atom stereocenters. The normalized spacial score (nSPS) is 11.1. The first-order valence-electron chi connectivity index (χ1n) is 5.48. The fourth-order valence-corrected chi connectivity index (χ4v) is 1.72. The second-order valence-electron chi connectivity index (χ2n) is 3.61. The van der Waals surface area contributed by atoms with Crippen LogP contribution in [-0.4, -0.2) is 23.4 Å². The molecule has 5 nitrogen and oxygen atoms in total. The number of halogens is 4. The number of rotatable bonds is 4. The molecule has 112 valence electrons. The third-order valence-corrected chi connectivity index (χ3v) is 2.70. The predicted molar refractivity (Wildman–Crippen MR) is 69.5 cm³/mol. The molecule has 0 spiro atoms. The van der Waals surface area contributed by atoms with E-state index in [-0.39, 0.29) is 17.6 Å². The molecule has 1 aromatic carbocycles. The molecule has 2 aromatic rings. The van der Waals surface area contributed by atoms with Gasteiger partial charge in [-0.05, 0) is 28.1 Å². The Morgan fingerprint density at radius 3 is 2.43 bits per heavy atom. The molecule has 0 saturated heterocycles. The van der Waals surface area contributed by atoms with Crippen LogP contribution in [-0.2, 0) is 0 Å². The highest BCUT2D eigenvalue weighted by Gasteiger charge is 2.32. The van der Waals surface area contributed by atoms with Crippen molar-refractivity contribution in [3.63, 3.8) is 0 Å². The van der Waals surface area contributed by atoms with Gasteiger partial charge in [0.1, 0.15) is 0 Å². The van der Waals surface area contributed by atoms with Crippen molar-refractivity contribution in [2.45, 2.75) is 6.36 Å². The lowest BCUT2D eigenvalue weighted by atomic mass is 10.3. The molecule has 0 amide bonds. The van der Waals surface area contributed by atoms with Gasteiger partial charge in [0.25, 0.3) is 0 Å². The highest BCUT2D eigenvalue weighted by molar-refractivity contribution is 9.10. The Morgan fingerprint density at radius 2 is 1.81 bits per heavy atom. The van der Waals surface area contributed by atoms with Crippen molar-refractivity contribution >= 4 is 15.9 Å². The Labute approximate surface area is 125 Å². The number of nitrogens with zero attached hydrogens (tertiary/aromatic N) is 2. The Bertz CT molecular complexity index is 637. The molecule has 0 radical (unpaired) electrons. The van der Waals surface area contributed by atoms with E-state index in [4.69, 9.17) is 9.47 Å². The van der Waals surface area contributed by atoms with Crippen molar-refractivity contribution in [1.29, 1.82) is 0 Å². The summed E-state index contributed by atoms with van der Waals surface area (Å²) < 4.78 is 51.4. The van der Waals surface area contributed by atoms with Crippen LogP contribution in [0.1, 0.15) is 0 Å². The van der Waals surface area contributed by atoms with Gasteiger partial charge >= 0.3 is 12.4 Å². The van der Waals surface area contributed by atoms with Crippen LogP contribution in [0.2, 0.25) is 0 Å². The molecule has 0 aliphatic rings. The van der Waals surface area contributed by atoms with Crippen LogP contribution >= 0.6 is 15.9 Å². The summed E-state index contributed by atoms with van der Waals surface area (Å²) in [5, 5.41) is 0. The number of benzene rings is 1. The van der Waals surface area contributed by atoms with Crippen LogP contribution in [0.25, 0.3) is 0 Å². The molecular formula is C12H8BrF3N2O3. The first-order chi connectivity index (χ1) is 9.89. The lowest BCUT2D eigenvalue weighted by molar-refractivity contribution is -0.275. The van der Waals surface area contributed by atoms with Gasteiger partial charge in [0.15, 0.2) is 11.5 Å². The molecule has 0 fully saturated rings. The number of para-hydroxylation sites is 2. The van der Waals surface area contributed by atoms with Gasteiger partial charge in [-0.2, -0.15) is 4.98 Å². The lowest BCUT2D eigenvalue weighted by Gasteiger charge is -2.13. The first kappa shape index (κ1) is 15.4. The summed E-state index contributed by atoms with van der Waals surface area (Å²) in [6, 6.07) is 5.14. The van der Waals surface area contributed by atoms with Crippen molar-refractivity contribution < 1.29 is 27.4 Å². The quantitative estimate of drug-likeness (QED) is 0.822.